The highest BCUT2D eigenvalue weighted by molar-refractivity contribution is 9.10. The molecule has 0 unspecified atom stereocenters. The highest BCUT2D eigenvalue weighted by Crippen LogP contribution is 2.45. The molecule has 1 saturated heterocycles. The molecule has 2 aliphatic rings. The minimum atomic E-state index is -0.0973. The molecule has 1 N–H and O–H groups in total. The van der Waals surface area contributed by atoms with Gasteiger partial charge in [0.2, 0.25) is 5.88 Å². The number of fused-ring (bicyclic) bond motifs is 1. The minimum absolute atomic E-state index is 0.0973. The normalized spacial score (nSPS) is 18.6. The van der Waals surface area contributed by atoms with E-state index < -0.39 is 0 Å². The van der Waals surface area contributed by atoms with Crippen molar-refractivity contribution < 1.29 is 13.6 Å². The lowest BCUT2D eigenvalue weighted by molar-refractivity contribution is 0.0947. The lowest BCUT2D eigenvalue weighted by atomic mass is 9.72. The van der Waals surface area contributed by atoms with Crippen LogP contribution in [-0.4, -0.2) is 25.2 Å². The number of anilines is 1. The third kappa shape index (κ3) is 5.49. The van der Waals surface area contributed by atoms with Gasteiger partial charge in [0.1, 0.15) is 16.5 Å². The van der Waals surface area contributed by atoms with Crippen molar-refractivity contribution in [2.75, 3.05) is 18.0 Å². The molecule has 0 saturated carbocycles. The lowest BCUT2D eigenvalue weighted by Gasteiger charge is -2.33. The predicted octanol–water partition coefficient (Wildman–Crippen LogP) is 7.52. The third-order valence-electron chi connectivity index (χ3n) is 7.34. The second-order valence-electron chi connectivity index (χ2n) is 10.9. The fourth-order valence-corrected chi connectivity index (χ4v) is 7.01. The van der Waals surface area contributed by atoms with Gasteiger partial charge >= 0.3 is 0 Å². The van der Waals surface area contributed by atoms with Gasteiger partial charge in [-0.15, -0.1) is 11.3 Å². The van der Waals surface area contributed by atoms with Crippen LogP contribution >= 0.6 is 27.3 Å². The summed E-state index contributed by atoms with van der Waals surface area (Å²) in [6, 6.07) is 5.66. The summed E-state index contributed by atoms with van der Waals surface area (Å²) >= 11 is 5.31. The molecular weight excluding hydrogens is 538 g/mol. The van der Waals surface area contributed by atoms with E-state index in [1.165, 1.54) is 24.1 Å². The molecule has 36 heavy (non-hydrogen) atoms. The van der Waals surface area contributed by atoms with Gasteiger partial charge in [-0.05, 0) is 83.5 Å². The van der Waals surface area contributed by atoms with Crippen LogP contribution in [0.4, 0.5) is 10.9 Å². The zero-order chi connectivity index (χ0) is 25.3. The largest absolute Gasteiger partial charge is 0.467 e. The molecule has 0 aromatic carbocycles. The molecule has 4 heterocycles. The van der Waals surface area contributed by atoms with Gasteiger partial charge in [0.25, 0.3) is 5.91 Å². The molecule has 3 aromatic rings. The Morgan fingerprint density at radius 1 is 1.31 bits per heavy atom. The number of piperidine rings is 1. The first kappa shape index (κ1) is 25.3. The van der Waals surface area contributed by atoms with Crippen molar-refractivity contribution in [3.05, 3.63) is 56.5 Å². The molecule has 1 aliphatic heterocycles. The molecule has 5 rings (SSSR count). The first-order chi connectivity index (χ1) is 17.3. The molecule has 0 radical (unpaired) electrons. The van der Waals surface area contributed by atoms with E-state index in [1.807, 2.05) is 18.2 Å². The molecular formula is C28H34BrN3O3S. The first-order valence-electron chi connectivity index (χ1n) is 12.8. The van der Waals surface area contributed by atoms with Crippen LogP contribution < -0.4 is 10.2 Å². The third-order valence-corrected chi connectivity index (χ3v) is 9.07. The Hall–Kier alpha value is -2.32. The van der Waals surface area contributed by atoms with Gasteiger partial charge < -0.3 is 19.1 Å². The maximum absolute atomic E-state index is 13.4. The maximum Gasteiger partial charge on any atom is 0.255 e. The zero-order valence-electron chi connectivity index (χ0n) is 21.2. The molecule has 192 valence electrons. The number of hydrogen-bond donors (Lipinski definition) is 1. The van der Waals surface area contributed by atoms with Crippen molar-refractivity contribution in [1.82, 2.24) is 5.32 Å². The smallest absolute Gasteiger partial charge is 0.255 e. The average molecular weight is 573 g/mol. The van der Waals surface area contributed by atoms with Crippen molar-refractivity contribution in [2.24, 2.45) is 16.3 Å². The van der Waals surface area contributed by atoms with Gasteiger partial charge in [0, 0.05) is 24.0 Å². The van der Waals surface area contributed by atoms with Gasteiger partial charge in [-0.25, -0.2) is 4.99 Å². The monoisotopic (exact) mass is 571 g/mol. The summed E-state index contributed by atoms with van der Waals surface area (Å²) in [5.74, 6) is 2.78. The molecule has 1 atom stereocenters. The molecule has 1 aliphatic carbocycles. The van der Waals surface area contributed by atoms with Gasteiger partial charge in [-0.1, -0.05) is 20.8 Å². The lowest BCUT2D eigenvalue weighted by Crippen LogP contribution is -2.29. The van der Waals surface area contributed by atoms with Crippen LogP contribution in [0.5, 0.6) is 0 Å². The van der Waals surface area contributed by atoms with E-state index >= 15 is 0 Å². The van der Waals surface area contributed by atoms with Gasteiger partial charge in [0.05, 0.1) is 29.1 Å². The Kier molecular flexibility index (Phi) is 7.45. The van der Waals surface area contributed by atoms with E-state index in [-0.39, 0.29) is 11.3 Å². The van der Waals surface area contributed by atoms with Crippen molar-refractivity contribution in [1.29, 1.82) is 0 Å². The molecule has 8 heteroatoms. The first-order valence-corrected chi connectivity index (χ1v) is 14.4. The summed E-state index contributed by atoms with van der Waals surface area (Å²) in [5, 5.41) is 3.79. The molecule has 1 amide bonds. The number of carbonyl (C=O) groups excluding carboxylic acids is 1. The number of halogens is 1. The second-order valence-corrected chi connectivity index (χ2v) is 12.8. The highest BCUT2D eigenvalue weighted by atomic mass is 79.9. The number of carbonyl (C=O) groups is 1. The number of hydrogen-bond acceptors (Lipinski definition) is 6. The average Bonchev–Trinajstić information content (AvgIpc) is 3.59. The van der Waals surface area contributed by atoms with E-state index in [0.29, 0.717) is 23.8 Å². The van der Waals surface area contributed by atoms with Crippen LogP contribution in [0.15, 0.2) is 42.8 Å². The molecule has 3 aromatic heterocycles. The van der Waals surface area contributed by atoms with Crippen LogP contribution in [0.3, 0.4) is 0 Å². The number of aliphatic imine (C=N–C) groups is 1. The van der Waals surface area contributed by atoms with E-state index in [1.54, 1.807) is 23.8 Å². The van der Waals surface area contributed by atoms with Gasteiger partial charge in [-0.2, -0.15) is 0 Å². The van der Waals surface area contributed by atoms with Gasteiger partial charge in [0.15, 0.2) is 0 Å². The molecule has 0 bridgehead atoms. The van der Waals surface area contributed by atoms with Crippen molar-refractivity contribution in [3.8, 4) is 0 Å². The fourth-order valence-electron chi connectivity index (χ4n) is 5.18. The van der Waals surface area contributed by atoms with E-state index in [0.717, 1.165) is 59.0 Å². The summed E-state index contributed by atoms with van der Waals surface area (Å²) in [5.41, 5.74) is 2.09. The Balaban J connectivity index is 1.42. The van der Waals surface area contributed by atoms with Crippen LogP contribution in [0, 0.1) is 11.3 Å². The zero-order valence-corrected chi connectivity index (χ0v) is 23.6. The topological polar surface area (TPSA) is 71.0 Å². The van der Waals surface area contributed by atoms with Gasteiger partial charge in [-0.3, -0.25) is 4.79 Å². The Morgan fingerprint density at radius 2 is 2.11 bits per heavy atom. The molecule has 0 spiro atoms. The van der Waals surface area contributed by atoms with Crippen LogP contribution in [0.1, 0.15) is 78.8 Å². The Labute approximate surface area is 225 Å². The van der Waals surface area contributed by atoms with Crippen molar-refractivity contribution in [3.63, 3.8) is 0 Å². The van der Waals surface area contributed by atoms with Crippen LogP contribution in [0.2, 0.25) is 0 Å². The fraction of sp³-hybridized carbons (Fsp3) is 0.500. The Morgan fingerprint density at radius 3 is 2.83 bits per heavy atom. The number of furan rings is 2. The molecule has 6 nitrogen and oxygen atoms in total. The van der Waals surface area contributed by atoms with Crippen molar-refractivity contribution in [2.45, 2.75) is 65.8 Å². The van der Waals surface area contributed by atoms with Crippen molar-refractivity contribution >= 4 is 50.3 Å². The number of nitrogens with one attached hydrogen (secondary N) is 1. The second kappa shape index (κ2) is 10.6. The summed E-state index contributed by atoms with van der Waals surface area (Å²) in [6.07, 6.45) is 9.98. The minimum Gasteiger partial charge on any atom is -0.467 e. The summed E-state index contributed by atoms with van der Waals surface area (Å²) in [6.45, 7) is 9.29. The summed E-state index contributed by atoms with van der Waals surface area (Å²) in [7, 11) is 0. The quantitative estimate of drug-likeness (QED) is 0.310. The predicted molar refractivity (Wildman–Crippen MR) is 149 cm³/mol. The van der Waals surface area contributed by atoms with E-state index in [9.17, 15) is 4.79 Å². The Bertz CT molecular complexity index is 1230. The van der Waals surface area contributed by atoms with Crippen LogP contribution in [0.25, 0.3) is 0 Å². The summed E-state index contributed by atoms with van der Waals surface area (Å²) in [4.78, 5) is 21.8. The number of nitrogens with zero attached hydrogens (tertiary/aromatic N) is 2. The molecule has 1 fully saturated rings. The number of amides is 1. The maximum atomic E-state index is 13.4. The summed E-state index contributed by atoms with van der Waals surface area (Å²) < 4.78 is 12.5. The van der Waals surface area contributed by atoms with Crippen LogP contribution in [-0.2, 0) is 19.4 Å². The number of rotatable bonds is 6. The number of thiophene rings is 1. The SMILES string of the molecule is CC(C)(C)[C@H]1CCc2c(sc(N=Cc3cc(Br)c(N4CCCCC4)o3)c2C(=O)NCc2ccco2)C1. The van der Waals surface area contributed by atoms with E-state index in [4.69, 9.17) is 13.8 Å². The van der Waals surface area contributed by atoms with E-state index in [2.05, 4.69) is 46.9 Å². The highest BCUT2D eigenvalue weighted by Gasteiger charge is 2.33. The standard InChI is InChI=1S/C28H34BrN3O3S/c1-28(2,3)18-9-10-21-23(14-18)36-26(24(21)25(33)30-16-19-8-7-13-34-19)31-17-20-15-22(29)27(35-20)32-11-5-4-6-12-32/h7-8,13,15,17-18H,4-6,9-12,14,16H2,1-3H3,(H,30,33)/t18-/m0/s1.